The van der Waals surface area contributed by atoms with Crippen LogP contribution in [0.3, 0.4) is 0 Å². The Morgan fingerprint density at radius 3 is 2.29 bits per heavy atom. The van der Waals surface area contributed by atoms with E-state index < -0.39 is 14.3 Å². The quantitative estimate of drug-likeness (QED) is 0.326. The smallest absolute Gasteiger partial charge is 0.307 e. The van der Waals surface area contributed by atoms with Gasteiger partial charge in [0.1, 0.15) is 5.75 Å². The van der Waals surface area contributed by atoms with Gasteiger partial charge in [0.2, 0.25) is 0 Å². The fourth-order valence-corrected chi connectivity index (χ4v) is 4.94. The van der Waals surface area contributed by atoms with Gasteiger partial charge in [0.05, 0.1) is 19.1 Å². The first-order valence-electron chi connectivity index (χ1n) is 11.8. The van der Waals surface area contributed by atoms with E-state index in [-0.39, 0.29) is 35.5 Å². The summed E-state index contributed by atoms with van der Waals surface area (Å²) in [4.78, 5) is 11.1. The third-order valence-corrected chi connectivity index (χ3v) is 11.1. The number of phenols is 1. The monoisotopic (exact) mass is 487 g/mol. The minimum absolute atomic E-state index is 0.0121. The lowest BCUT2D eigenvalue weighted by Crippen LogP contribution is -2.47. The van der Waals surface area contributed by atoms with E-state index >= 15 is 0 Å². The highest BCUT2D eigenvalue weighted by atomic mass is 28.4. The van der Waals surface area contributed by atoms with Crippen LogP contribution in [-0.2, 0) is 28.7 Å². The summed E-state index contributed by atoms with van der Waals surface area (Å²) in [6.45, 7) is 15.6. The molecule has 2 aromatic rings. The molecule has 0 spiro atoms. The molecule has 0 unspecified atom stereocenters. The van der Waals surface area contributed by atoms with Crippen molar-refractivity contribution in [1.82, 2.24) is 5.32 Å². The molecule has 1 atom stereocenters. The minimum Gasteiger partial charge on any atom is -0.508 e. The van der Waals surface area contributed by atoms with E-state index in [0.717, 1.165) is 23.1 Å². The number of nitrogens with one attached hydrogen (secondary N) is 1. The molecule has 2 aromatic carbocycles. The predicted molar refractivity (Wildman–Crippen MR) is 139 cm³/mol. The van der Waals surface area contributed by atoms with E-state index in [0.29, 0.717) is 12.1 Å². The van der Waals surface area contributed by atoms with Crippen LogP contribution >= 0.6 is 0 Å². The Balaban J connectivity index is 2.24. The van der Waals surface area contributed by atoms with Gasteiger partial charge in [0, 0.05) is 17.6 Å². The third kappa shape index (κ3) is 7.94. The number of hydrogen-bond acceptors (Lipinski definition) is 5. The van der Waals surface area contributed by atoms with Crippen molar-refractivity contribution in [1.29, 1.82) is 0 Å². The van der Waals surface area contributed by atoms with Crippen molar-refractivity contribution in [2.45, 2.75) is 83.8 Å². The lowest BCUT2D eigenvalue weighted by Gasteiger charge is -2.40. The van der Waals surface area contributed by atoms with Crippen molar-refractivity contribution < 1.29 is 24.5 Å². The predicted octanol–water partition coefficient (Wildman–Crippen LogP) is 5.19. The minimum atomic E-state index is -2.11. The van der Waals surface area contributed by atoms with E-state index in [4.69, 9.17) is 9.53 Å². The zero-order chi connectivity index (χ0) is 25.7. The largest absolute Gasteiger partial charge is 0.508 e. The summed E-state index contributed by atoms with van der Waals surface area (Å²) in [6, 6.07) is 13.0. The fraction of sp³-hybridized carbons (Fsp3) is 0.519. The summed E-state index contributed by atoms with van der Waals surface area (Å²) < 4.78 is 6.78. The van der Waals surface area contributed by atoms with E-state index in [1.165, 1.54) is 0 Å². The molecule has 34 heavy (non-hydrogen) atoms. The maximum atomic E-state index is 11.1. The van der Waals surface area contributed by atoms with Gasteiger partial charge in [-0.25, -0.2) is 0 Å². The lowest BCUT2D eigenvalue weighted by atomic mass is 9.93. The van der Waals surface area contributed by atoms with Gasteiger partial charge in [0.25, 0.3) is 0 Å². The molecule has 0 aliphatic rings. The van der Waals surface area contributed by atoms with Crippen LogP contribution in [0.25, 0.3) is 0 Å². The summed E-state index contributed by atoms with van der Waals surface area (Å²) in [6.07, 6.45) is 0.493. The van der Waals surface area contributed by atoms with Gasteiger partial charge in [-0.1, -0.05) is 51.1 Å². The Labute approximate surface area is 205 Å². The molecular formula is C27H41NO5Si. The van der Waals surface area contributed by atoms with Crippen molar-refractivity contribution >= 4 is 14.3 Å². The van der Waals surface area contributed by atoms with Crippen LogP contribution in [0.5, 0.6) is 5.75 Å². The second kappa shape index (κ2) is 11.0. The molecule has 4 N–H and O–H groups in total. The Morgan fingerprint density at radius 1 is 1.06 bits per heavy atom. The first kappa shape index (κ1) is 28.0. The molecule has 0 heterocycles. The SMILES string of the molecule is CC(C)(Cc1cccc(CC(=O)O)c1)NC[C@H](O[Si](C)(C)C(C)(C)C)c1ccc(O)c(CO)c1. The molecule has 0 fully saturated rings. The Morgan fingerprint density at radius 2 is 1.71 bits per heavy atom. The number of aromatic hydroxyl groups is 1. The molecule has 7 heteroatoms. The van der Waals surface area contributed by atoms with E-state index in [1.807, 2.05) is 36.4 Å². The third-order valence-electron chi connectivity index (χ3n) is 6.65. The number of carboxylic acids is 1. The standard InChI is InChI=1S/C27H41NO5Si/c1-26(2,3)34(6,7)33-24(21-11-12-23(30)22(15-21)18-29)17-28-27(4,5)16-20-10-8-9-19(13-20)14-25(31)32/h8-13,15,24,28-30H,14,16-18H2,1-7H3,(H,31,32)/t24-/m0/s1. The maximum Gasteiger partial charge on any atom is 0.307 e. The molecule has 0 aliphatic heterocycles. The van der Waals surface area contributed by atoms with Crippen molar-refractivity contribution in [2.24, 2.45) is 0 Å². The van der Waals surface area contributed by atoms with Crippen LogP contribution in [0.4, 0.5) is 0 Å². The number of aliphatic hydroxyl groups is 1. The number of carbonyl (C=O) groups is 1. The van der Waals surface area contributed by atoms with Crippen molar-refractivity contribution in [3.8, 4) is 5.75 Å². The lowest BCUT2D eigenvalue weighted by molar-refractivity contribution is -0.136. The van der Waals surface area contributed by atoms with Crippen LogP contribution in [-0.4, -0.2) is 41.7 Å². The Hall–Kier alpha value is -2.19. The highest BCUT2D eigenvalue weighted by Gasteiger charge is 2.39. The van der Waals surface area contributed by atoms with Gasteiger partial charge < -0.3 is 25.1 Å². The van der Waals surface area contributed by atoms with Crippen LogP contribution in [0.1, 0.15) is 63.0 Å². The second-order valence-electron chi connectivity index (χ2n) is 11.2. The molecule has 2 rings (SSSR count). The summed E-state index contributed by atoms with van der Waals surface area (Å²) >= 11 is 0. The van der Waals surface area contributed by atoms with Crippen LogP contribution in [0, 0.1) is 0 Å². The van der Waals surface area contributed by atoms with Gasteiger partial charge >= 0.3 is 5.97 Å². The van der Waals surface area contributed by atoms with Crippen LogP contribution in [0.15, 0.2) is 42.5 Å². The van der Waals surface area contributed by atoms with E-state index in [2.05, 4.69) is 53.0 Å². The molecule has 0 aliphatic carbocycles. The molecule has 0 amide bonds. The van der Waals surface area contributed by atoms with Gasteiger partial charge in [-0.3, -0.25) is 4.79 Å². The number of aliphatic carboxylic acids is 1. The number of benzene rings is 2. The fourth-order valence-electron chi connectivity index (χ4n) is 3.66. The van der Waals surface area contributed by atoms with E-state index in [9.17, 15) is 15.0 Å². The molecule has 0 saturated carbocycles. The average Bonchev–Trinajstić information content (AvgIpc) is 2.70. The molecule has 6 nitrogen and oxygen atoms in total. The first-order chi connectivity index (χ1) is 15.6. The number of rotatable bonds is 11. The number of aliphatic hydroxyl groups excluding tert-OH is 1. The summed E-state index contributed by atoms with van der Waals surface area (Å²) in [7, 11) is -2.11. The number of carboxylic acid groups (broad SMARTS) is 1. The van der Waals surface area contributed by atoms with E-state index in [1.54, 1.807) is 6.07 Å². The maximum absolute atomic E-state index is 11.1. The van der Waals surface area contributed by atoms with Gasteiger partial charge in [-0.05, 0) is 67.2 Å². The molecule has 0 radical (unpaired) electrons. The zero-order valence-corrected chi connectivity index (χ0v) is 22.6. The Kier molecular flexibility index (Phi) is 9.10. The summed E-state index contributed by atoms with van der Waals surface area (Å²) in [5, 5.41) is 32.4. The average molecular weight is 488 g/mol. The second-order valence-corrected chi connectivity index (χ2v) is 16.0. The molecule has 0 aromatic heterocycles. The normalized spacial score (nSPS) is 13.6. The van der Waals surface area contributed by atoms with Crippen LogP contribution < -0.4 is 5.32 Å². The highest BCUT2D eigenvalue weighted by molar-refractivity contribution is 6.74. The molecular weight excluding hydrogens is 446 g/mol. The van der Waals surface area contributed by atoms with Gasteiger partial charge in [0.15, 0.2) is 8.32 Å². The molecule has 0 bridgehead atoms. The molecule has 0 saturated heterocycles. The molecule has 188 valence electrons. The topological polar surface area (TPSA) is 99.0 Å². The van der Waals surface area contributed by atoms with Crippen molar-refractivity contribution in [3.05, 3.63) is 64.7 Å². The Bertz CT molecular complexity index is 981. The van der Waals surface area contributed by atoms with Crippen LogP contribution in [0.2, 0.25) is 18.1 Å². The van der Waals surface area contributed by atoms with Crippen molar-refractivity contribution in [3.63, 3.8) is 0 Å². The summed E-state index contributed by atoms with van der Waals surface area (Å²) in [5.41, 5.74) is 2.99. The highest BCUT2D eigenvalue weighted by Crippen LogP contribution is 2.40. The first-order valence-corrected chi connectivity index (χ1v) is 14.7. The van der Waals surface area contributed by atoms with Gasteiger partial charge in [-0.15, -0.1) is 0 Å². The van der Waals surface area contributed by atoms with Crippen molar-refractivity contribution in [2.75, 3.05) is 6.54 Å². The number of hydrogen-bond donors (Lipinski definition) is 4. The zero-order valence-electron chi connectivity index (χ0n) is 21.6. The summed E-state index contributed by atoms with van der Waals surface area (Å²) in [5.74, 6) is -0.761. The van der Waals surface area contributed by atoms with Gasteiger partial charge in [-0.2, -0.15) is 0 Å².